The van der Waals surface area contributed by atoms with Crippen molar-refractivity contribution in [2.75, 3.05) is 0 Å². The molecule has 0 aromatic carbocycles. The molecule has 4 rings (SSSR count). The van der Waals surface area contributed by atoms with E-state index >= 15 is 0 Å². The Labute approximate surface area is 147 Å². The number of aliphatic hydroxyl groups is 1. The molecule has 4 aliphatic rings. The van der Waals surface area contributed by atoms with Gasteiger partial charge in [-0.3, -0.25) is 4.79 Å². The Hall–Kier alpha value is -0.630. The van der Waals surface area contributed by atoms with E-state index in [1.54, 1.807) is 0 Å². The summed E-state index contributed by atoms with van der Waals surface area (Å²) in [5, 5.41) is 10.4. The zero-order chi connectivity index (χ0) is 17.1. The lowest BCUT2D eigenvalue weighted by Gasteiger charge is -2.57. The van der Waals surface area contributed by atoms with Crippen LogP contribution in [0.2, 0.25) is 0 Å². The Morgan fingerprint density at radius 3 is 2.75 bits per heavy atom. The Bertz CT molecular complexity index is 548. The number of carbonyl (C=O) groups is 1. The highest BCUT2D eigenvalue weighted by atomic mass is 16.3. The molecule has 3 fully saturated rings. The van der Waals surface area contributed by atoms with Crippen molar-refractivity contribution in [1.29, 1.82) is 0 Å². The van der Waals surface area contributed by atoms with Crippen LogP contribution < -0.4 is 0 Å². The molecule has 24 heavy (non-hydrogen) atoms. The fraction of sp³-hybridized carbons (Fsp3) is 0.864. The first-order chi connectivity index (χ1) is 11.5. The molecule has 3 saturated carbocycles. The van der Waals surface area contributed by atoms with Gasteiger partial charge in [0, 0.05) is 6.42 Å². The van der Waals surface area contributed by atoms with Crippen LogP contribution in [0, 0.1) is 40.9 Å². The molecule has 0 aromatic rings. The van der Waals surface area contributed by atoms with Crippen LogP contribution in [0.3, 0.4) is 0 Å². The maximum atomic E-state index is 11.9. The summed E-state index contributed by atoms with van der Waals surface area (Å²) < 4.78 is 0. The van der Waals surface area contributed by atoms with Gasteiger partial charge in [-0.2, -0.15) is 0 Å². The van der Waals surface area contributed by atoms with Gasteiger partial charge in [0.2, 0.25) is 0 Å². The fourth-order valence-corrected chi connectivity index (χ4v) is 7.75. The monoisotopic (exact) mass is 330 g/mol. The second-order valence-corrected chi connectivity index (χ2v) is 9.52. The Balaban J connectivity index is 1.68. The lowest BCUT2D eigenvalue weighted by molar-refractivity contribution is -0.117. The first kappa shape index (κ1) is 16.8. The summed E-state index contributed by atoms with van der Waals surface area (Å²) in [6.07, 6.45) is 11.2. The van der Waals surface area contributed by atoms with Gasteiger partial charge in [-0.25, -0.2) is 0 Å². The van der Waals surface area contributed by atoms with Gasteiger partial charge in [0.15, 0.2) is 5.78 Å². The average Bonchev–Trinajstić information content (AvgIpc) is 2.90. The minimum Gasteiger partial charge on any atom is -0.393 e. The summed E-state index contributed by atoms with van der Waals surface area (Å²) in [5.74, 6) is 4.73. The van der Waals surface area contributed by atoms with Gasteiger partial charge in [-0.1, -0.05) is 25.8 Å². The SMILES string of the molecule is CC[C@H]1C[C@@]2(C)[C@H](CC[C@H]2[C@H](C)O)[C@@H]2CCC3=CC(=O)CC[C@@H]3[C@@H]12. The van der Waals surface area contributed by atoms with Crippen LogP contribution in [0.5, 0.6) is 0 Å². The zero-order valence-electron chi connectivity index (χ0n) is 15.6. The molecule has 0 aliphatic heterocycles. The van der Waals surface area contributed by atoms with Crippen LogP contribution in [0.4, 0.5) is 0 Å². The molecule has 2 heteroatoms. The van der Waals surface area contributed by atoms with Crippen LogP contribution in [-0.4, -0.2) is 17.0 Å². The molecular formula is C22H34O2. The summed E-state index contributed by atoms with van der Waals surface area (Å²) in [5.41, 5.74) is 1.82. The second-order valence-electron chi connectivity index (χ2n) is 9.52. The highest BCUT2D eigenvalue weighted by molar-refractivity contribution is 5.91. The van der Waals surface area contributed by atoms with Gasteiger partial charge in [-0.05, 0) is 92.4 Å². The molecule has 0 radical (unpaired) electrons. The Kier molecular flexibility index (Phi) is 4.18. The fourth-order valence-electron chi connectivity index (χ4n) is 7.75. The topological polar surface area (TPSA) is 37.3 Å². The molecule has 0 spiro atoms. The van der Waals surface area contributed by atoms with Crippen LogP contribution in [-0.2, 0) is 4.79 Å². The van der Waals surface area contributed by atoms with Gasteiger partial charge in [0.1, 0.15) is 0 Å². The number of hydrogen-bond donors (Lipinski definition) is 1. The van der Waals surface area contributed by atoms with Crippen molar-refractivity contribution in [2.24, 2.45) is 40.9 Å². The van der Waals surface area contributed by atoms with E-state index in [2.05, 4.69) is 13.8 Å². The molecule has 0 heterocycles. The molecule has 0 aromatic heterocycles. The summed E-state index contributed by atoms with van der Waals surface area (Å²) in [6, 6.07) is 0. The molecular weight excluding hydrogens is 296 g/mol. The van der Waals surface area contributed by atoms with Gasteiger partial charge < -0.3 is 5.11 Å². The summed E-state index contributed by atoms with van der Waals surface area (Å²) >= 11 is 0. The largest absolute Gasteiger partial charge is 0.393 e. The highest BCUT2D eigenvalue weighted by Gasteiger charge is 2.59. The van der Waals surface area contributed by atoms with E-state index in [1.807, 2.05) is 13.0 Å². The number of allylic oxidation sites excluding steroid dienone is 1. The third-order valence-corrected chi connectivity index (χ3v) is 8.60. The summed E-state index contributed by atoms with van der Waals surface area (Å²) in [7, 11) is 0. The lowest BCUT2D eigenvalue weighted by atomic mass is 9.47. The second kappa shape index (κ2) is 5.97. The van der Waals surface area contributed by atoms with E-state index in [1.165, 1.54) is 37.7 Å². The quantitative estimate of drug-likeness (QED) is 0.792. The molecule has 0 bridgehead atoms. The third-order valence-electron chi connectivity index (χ3n) is 8.60. The Morgan fingerprint density at radius 1 is 1.25 bits per heavy atom. The minimum absolute atomic E-state index is 0.166. The van der Waals surface area contributed by atoms with E-state index in [4.69, 9.17) is 0 Å². The van der Waals surface area contributed by atoms with Crippen LogP contribution >= 0.6 is 0 Å². The van der Waals surface area contributed by atoms with Gasteiger partial charge in [-0.15, -0.1) is 0 Å². The molecule has 4 aliphatic carbocycles. The lowest BCUT2D eigenvalue weighted by Crippen LogP contribution is -2.51. The van der Waals surface area contributed by atoms with Crippen molar-refractivity contribution >= 4 is 5.78 Å². The number of rotatable bonds is 2. The van der Waals surface area contributed by atoms with E-state index in [-0.39, 0.29) is 6.10 Å². The van der Waals surface area contributed by atoms with Gasteiger partial charge in [0.05, 0.1) is 6.10 Å². The van der Waals surface area contributed by atoms with Crippen molar-refractivity contribution in [2.45, 2.75) is 78.2 Å². The molecule has 0 saturated heterocycles. The molecule has 8 atom stereocenters. The van der Waals surface area contributed by atoms with Gasteiger partial charge in [0.25, 0.3) is 0 Å². The smallest absolute Gasteiger partial charge is 0.155 e. The third kappa shape index (κ3) is 2.35. The molecule has 0 unspecified atom stereocenters. The van der Waals surface area contributed by atoms with E-state index in [9.17, 15) is 9.90 Å². The maximum Gasteiger partial charge on any atom is 0.155 e. The van der Waals surface area contributed by atoms with Crippen molar-refractivity contribution in [1.82, 2.24) is 0 Å². The van der Waals surface area contributed by atoms with Crippen molar-refractivity contribution < 1.29 is 9.90 Å². The first-order valence-corrected chi connectivity index (χ1v) is 10.4. The normalized spacial score (nSPS) is 49.0. The predicted molar refractivity (Wildman–Crippen MR) is 96.4 cm³/mol. The average molecular weight is 331 g/mol. The summed E-state index contributed by atoms with van der Waals surface area (Å²) in [6.45, 7) is 6.88. The van der Waals surface area contributed by atoms with Crippen molar-refractivity contribution in [3.8, 4) is 0 Å². The zero-order valence-corrected chi connectivity index (χ0v) is 15.6. The maximum absolute atomic E-state index is 11.9. The molecule has 1 N–H and O–H groups in total. The number of fused-ring (bicyclic) bond motifs is 5. The number of carbonyl (C=O) groups excluding carboxylic acids is 1. The van der Waals surface area contributed by atoms with Crippen LogP contribution in [0.1, 0.15) is 72.1 Å². The Morgan fingerprint density at radius 2 is 2.04 bits per heavy atom. The van der Waals surface area contributed by atoms with Crippen molar-refractivity contribution in [3.05, 3.63) is 11.6 Å². The molecule has 0 amide bonds. The standard InChI is InChI=1S/C22H34O2/c1-4-14-12-22(3)19(13(2)23)9-10-20(22)18-7-5-15-11-16(24)6-8-17(15)21(14)18/h11,13-14,17-21,23H,4-10,12H2,1-3H3/t13-,14-,17-,18-,19-,20+,21+,22+/m0/s1. The van der Waals surface area contributed by atoms with Crippen LogP contribution in [0.15, 0.2) is 11.6 Å². The van der Waals surface area contributed by atoms with Crippen molar-refractivity contribution in [3.63, 3.8) is 0 Å². The number of aliphatic hydroxyl groups excluding tert-OH is 1. The van der Waals surface area contributed by atoms with E-state index < -0.39 is 0 Å². The van der Waals surface area contributed by atoms with E-state index in [0.29, 0.717) is 23.0 Å². The van der Waals surface area contributed by atoms with Gasteiger partial charge >= 0.3 is 0 Å². The highest BCUT2D eigenvalue weighted by Crippen LogP contribution is 2.66. The first-order valence-electron chi connectivity index (χ1n) is 10.4. The predicted octanol–water partition coefficient (Wildman–Crippen LogP) is 4.76. The minimum atomic E-state index is -0.166. The van der Waals surface area contributed by atoms with Crippen LogP contribution in [0.25, 0.3) is 0 Å². The number of hydrogen-bond acceptors (Lipinski definition) is 2. The molecule has 2 nitrogen and oxygen atoms in total. The number of ketones is 1. The molecule has 134 valence electrons. The summed E-state index contributed by atoms with van der Waals surface area (Å²) in [4.78, 5) is 11.9. The van der Waals surface area contributed by atoms with E-state index in [0.717, 1.165) is 42.9 Å².